The lowest BCUT2D eigenvalue weighted by Gasteiger charge is -2.30. The second kappa shape index (κ2) is 8.97. The van der Waals surface area contributed by atoms with Crippen LogP contribution in [0.4, 0.5) is 0 Å². The summed E-state index contributed by atoms with van der Waals surface area (Å²) in [6, 6.07) is 33.8. The number of hydrogen-bond acceptors (Lipinski definition) is 1. The molecule has 1 aliphatic rings. The number of benzene rings is 3. The fraction of sp³-hybridized carbons (Fsp3) is 0.357. The molecule has 0 radical (unpaired) electrons. The number of rotatable bonds is 7. The van der Waals surface area contributed by atoms with Crippen molar-refractivity contribution in [1.29, 1.82) is 0 Å². The van der Waals surface area contributed by atoms with E-state index >= 15 is 0 Å². The van der Waals surface area contributed by atoms with Crippen molar-refractivity contribution in [3.8, 4) is 0 Å². The van der Waals surface area contributed by atoms with Gasteiger partial charge in [-0.1, -0.05) is 105 Å². The van der Waals surface area contributed by atoms with E-state index in [4.69, 9.17) is 0 Å². The van der Waals surface area contributed by atoms with Gasteiger partial charge >= 0.3 is 0 Å². The van der Waals surface area contributed by atoms with Crippen molar-refractivity contribution in [2.75, 3.05) is 6.54 Å². The van der Waals surface area contributed by atoms with Crippen LogP contribution < -0.4 is 0 Å². The second-order valence-electron chi connectivity index (χ2n) is 9.23. The van der Waals surface area contributed by atoms with E-state index < -0.39 is 0 Å². The largest absolute Gasteiger partial charge is 0.295 e. The normalized spacial score (nSPS) is 18.9. The fourth-order valence-electron chi connectivity index (χ4n) is 5.21. The quantitative estimate of drug-likeness (QED) is 0.457. The summed E-state index contributed by atoms with van der Waals surface area (Å²) in [5.41, 5.74) is 4.64. The predicted octanol–water partition coefficient (Wildman–Crippen LogP) is 6.39. The third-order valence-electron chi connectivity index (χ3n) is 6.49. The average Bonchev–Trinajstić information content (AvgIpc) is 3.08. The Morgan fingerprint density at radius 1 is 0.724 bits per heavy atom. The highest BCUT2D eigenvalue weighted by molar-refractivity contribution is 5.23. The Hall–Kier alpha value is -2.38. The molecule has 0 saturated carbocycles. The Morgan fingerprint density at radius 3 is 1.62 bits per heavy atom. The summed E-state index contributed by atoms with van der Waals surface area (Å²) in [6.45, 7) is 7.00. The van der Waals surface area contributed by atoms with E-state index in [1.54, 1.807) is 0 Å². The van der Waals surface area contributed by atoms with Gasteiger partial charge in [0, 0.05) is 19.1 Å². The van der Waals surface area contributed by atoms with Crippen molar-refractivity contribution in [3.63, 3.8) is 0 Å². The molecule has 1 aliphatic heterocycles. The molecule has 0 unspecified atom stereocenters. The van der Waals surface area contributed by atoms with Gasteiger partial charge < -0.3 is 0 Å². The van der Waals surface area contributed by atoms with Crippen LogP contribution >= 0.6 is 0 Å². The minimum Gasteiger partial charge on any atom is -0.295 e. The van der Waals surface area contributed by atoms with Crippen LogP contribution in [0.5, 0.6) is 0 Å². The minimum atomic E-state index is 0.284. The molecule has 29 heavy (non-hydrogen) atoms. The highest BCUT2D eigenvalue weighted by Crippen LogP contribution is 2.43. The summed E-state index contributed by atoms with van der Waals surface area (Å²) >= 11 is 0. The molecule has 0 bridgehead atoms. The maximum atomic E-state index is 2.76. The van der Waals surface area contributed by atoms with E-state index in [1.807, 2.05) is 0 Å². The van der Waals surface area contributed by atoms with Crippen molar-refractivity contribution in [2.45, 2.75) is 45.7 Å². The lowest BCUT2D eigenvalue weighted by Crippen LogP contribution is -2.34. The molecule has 1 heterocycles. The maximum absolute atomic E-state index is 2.76. The zero-order valence-electron chi connectivity index (χ0n) is 17.8. The van der Waals surface area contributed by atoms with Crippen LogP contribution in [0.25, 0.3) is 0 Å². The zero-order valence-corrected chi connectivity index (χ0v) is 17.8. The molecule has 0 aliphatic carbocycles. The molecule has 1 atom stereocenters. The summed E-state index contributed by atoms with van der Waals surface area (Å²) in [7, 11) is 0. The molecule has 1 nitrogen and oxygen atoms in total. The molecule has 150 valence electrons. The van der Waals surface area contributed by atoms with E-state index in [-0.39, 0.29) is 5.41 Å². The third-order valence-corrected chi connectivity index (χ3v) is 6.49. The molecule has 0 N–H and O–H groups in total. The first-order valence-corrected chi connectivity index (χ1v) is 11.0. The molecular weight excluding hydrogens is 350 g/mol. The van der Waals surface area contributed by atoms with Crippen molar-refractivity contribution >= 4 is 0 Å². The van der Waals surface area contributed by atoms with Gasteiger partial charge in [-0.25, -0.2) is 0 Å². The minimum absolute atomic E-state index is 0.284. The van der Waals surface area contributed by atoms with Crippen LogP contribution in [-0.2, 0) is 19.4 Å². The van der Waals surface area contributed by atoms with Crippen molar-refractivity contribution in [2.24, 2.45) is 11.3 Å². The Balaban J connectivity index is 1.64. The lowest BCUT2D eigenvalue weighted by atomic mass is 9.74. The Morgan fingerprint density at radius 2 is 1.17 bits per heavy atom. The highest BCUT2D eigenvalue weighted by atomic mass is 15.2. The van der Waals surface area contributed by atoms with Gasteiger partial charge in [0.2, 0.25) is 0 Å². The van der Waals surface area contributed by atoms with Gasteiger partial charge in [0.05, 0.1) is 0 Å². The van der Waals surface area contributed by atoms with Crippen LogP contribution in [0.1, 0.15) is 37.0 Å². The average molecular weight is 384 g/mol. The number of nitrogens with zero attached hydrogens (tertiary/aromatic N) is 1. The second-order valence-corrected chi connectivity index (χ2v) is 9.23. The molecule has 0 aromatic heterocycles. The first-order chi connectivity index (χ1) is 14.1. The topological polar surface area (TPSA) is 3.24 Å². The smallest absolute Gasteiger partial charge is 0.0237 e. The SMILES string of the molecule is CC(C)[C@@H]1CC(Cc2ccccc2)(Cc2ccccc2)CN1Cc1ccccc1. The summed E-state index contributed by atoms with van der Waals surface area (Å²) in [5.74, 6) is 0.659. The molecule has 1 heteroatoms. The highest BCUT2D eigenvalue weighted by Gasteiger charge is 2.44. The van der Waals surface area contributed by atoms with Gasteiger partial charge in [-0.3, -0.25) is 4.90 Å². The number of hydrogen-bond donors (Lipinski definition) is 0. The van der Waals surface area contributed by atoms with E-state index in [1.165, 1.54) is 23.1 Å². The van der Waals surface area contributed by atoms with E-state index in [9.17, 15) is 0 Å². The molecule has 3 aromatic rings. The summed E-state index contributed by atoms with van der Waals surface area (Å²) in [5, 5.41) is 0. The Kier molecular flexibility index (Phi) is 6.16. The van der Waals surface area contributed by atoms with Gasteiger partial charge in [0.1, 0.15) is 0 Å². The first-order valence-electron chi connectivity index (χ1n) is 11.0. The van der Waals surface area contributed by atoms with E-state index in [2.05, 4.69) is 110 Å². The molecule has 1 fully saturated rings. The van der Waals surface area contributed by atoms with Gasteiger partial charge in [0.15, 0.2) is 0 Å². The lowest BCUT2D eigenvalue weighted by molar-refractivity contribution is 0.191. The van der Waals surface area contributed by atoms with Crippen molar-refractivity contribution < 1.29 is 0 Å². The first kappa shape index (κ1) is 19.9. The van der Waals surface area contributed by atoms with Crippen molar-refractivity contribution in [3.05, 3.63) is 108 Å². The Labute approximate surface area is 176 Å². The third kappa shape index (κ3) is 4.97. The van der Waals surface area contributed by atoms with Crippen LogP contribution in [0.3, 0.4) is 0 Å². The maximum Gasteiger partial charge on any atom is 0.0237 e. The van der Waals surface area contributed by atoms with E-state index in [0.717, 1.165) is 25.9 Å². The van der Waals surface area contributed by atoms with Gasteiger partial charge in [-0.2, -0.15) is 0 Å². The van der Waals surface area contributed by atoms with Crippen LogP contribution in [-0.4, -0.2) is 17.5 Å². The summed E-state index contributed by atoms with van der Waals surface area (Å²) < 4.78 is 0. The predicted molar refractivity (Wildman–Crippen MR) is 123 cm³/mol. The van der Waals surface area contributed by atoms with Gasteiger partial charge in [-0.05, 0) is 47.3 Å². The molecular formula is C28H33N. The van der Waals surface area contributed by atoms with Crippen LogP contribution in [0.15, 0.2) is 91.0 Å². The Bertz CT molecular complexity index is 828. The zero-order chi connectivity index (χ0) is 20.1. The standard InChI is InChI=1S/C28H33N/c1-23(2)27-20-28(18-24-12-6-3-7-13-24,19-25-14-8-4-9-15-25)22-29(27)21-26-16-10-5-11-17-26/h3-17,23,27H,18-22H2,1-2H3/t27-/m0/s1. The monoisotopic (exact) mass is 383 g/mol. The fourth-order valence-corrected chi connectivity index (χ4v) is 5.21. The number of likely N-dealkylation sites (tertiary alicyclic amines) is 1. The molecule has 0 amide bonds. The molecule has 3 aromatic carbocycles. The van der Waals surface area contributed by atoms with Crippen LogP contribution in [0.2, 0.25) is 0 Å². The van der Waals surface area contributed by atoms with E-state index in [0.29, 0.717) is 12.0 Å². The molecule has 1 saturated heterocycles. The summed E-state index contributed by atoms with van der Waals surface area (Å²) in [4.78, 5) is 2.76. The van der Waals surface area contributed by atoms with Crippen LogP contribution in [0, 0.1) is 11.3 Å². The molecule has 0 spiro atoms. The van der Waals surface area contributed by atoms with Gasteiger partial charge in [-0.15, -0.1) is 0 Å². The summed E-state index contributed by atoms with van der Waals surface area (Å²) in [6.07, 6.45) is 3.57. The van der Waals surface area contributed by atoms with Crippen molar-refractivity contribution in [1.82, 2.24) is 4.90 Å². The van der Waals surface area contributed by atoms with Gasteiger partial charge in [0.25, 0.3) is 0 Å². The molecule has 4 rings (SSSR count).